The standard InChI is InChI=1S/C12H16ClF3N2/c1-17-8-9-4-3-5-10(13)11(9)18(2)7-6-12(14,15)16/h3-5,17H,6-8H2,1-2H3. The van der Waals surface area contributed by atoms with Gasteiger partial charge in [0.2, 0.25) is 0 Å². The SMILES string of the molecule is CNCc1cccc(Cl)c1N(C)CCC(F)(F)F. The van der Waals surface area contributed by atoms with Gasteiger partial charge in [-0.25, -0.2) is 0 Å². The van der Waals surface area contributed by atoms with E-state index in [9.17, 15) is 13.2 Å². The Labute approximate surface area is 110 Å². The van der Waals surface area contributed by atoms with Crippen LogP contribution in [0.2, 0.25) is 5.02 Å². The minimum atomic E-state index is -4.15. The average molecular weight is 281 g/mol. The number of alkyl halides is 3. The fraction of sp³-hybridized carbons (Fsp3) is 0.500. The van der Waals surface area contributed by atoms with Crippen molar-refractivity contribution in [2.45, 2.75) is 19.1 Å². The second kappa shape index (κ2) is 6.29. The first-order valence-corrected chi connectivity index (χ1v) is 5.93. The number of rotatable bonds is 5. The molecule has 0 bridgehead atoms. The maximum absolute atomic E-state index is 12.2. The molecular weight excluding hydrogens is 265 g/mol. The van der Waals surface area contributed by atoms with Crippen molar-refractivity contribution in [2.75, 3.05) is 25.5 Å². The van der Waals surface area contributed by atoms with Gasteiger partial charge in [-0.05, 0) is 18.7 Å². The maximum atomic E-state index is 12.2. The lowest BCUT2D eigenvalue weighted by Crippen LogP contribution is -2.25. The summed E-state index contributed by atoms with van der Waals surface area (Å²) in [6, 6.07) is 5.32. The molecule has 1 N–H and O–H groups in total. The number of hydrogen-bond acceptors (Lipinski definition) is 2. The van der Waals surface area contributed by atoms with Crippen molar-refractivity contribution >= 4 is 17.3 Å². The van der Waals surface area contributed by atoms with Crippen molar-refractivity contribution in [1.82, 2.24) is 5.32 Å². The van der Waals surface area contributed by atoms with Crippen LogP contribution in [0.1, 0.15) is 12.0 Å². The van der Waals surface area contributed by atoms with Crippen molar-refractivity contribution in [1.29, 1.82) is 0 Å². The van der Waals surface area contributed by atoms with Crippen LogP contribution < -0.4 is 10.2 Å². The first kappa shape index (κ1) is 15.1. The summed E-state index contributed by atoms with van der Waals surface area (Å²) in [4.78, 5) is 1.54. The fourth-order valence-corrected chi connectivity index (χ4v) is 2.07. The Kier molecular flexibility index (Phi) is 5.28. The number of anilines is 1. The van der Waals surface area contributed by atoms with Gasteiger partial charge in [-0.2, -0.15) is 13.2 Å². The number of hydrogen-bond donors (Lipinski definition) is 1. The molecule has 0 unspecified atom stereocenters. The van der Waals surface area contributed by atoms with E-state index in [1.807, 2.05) is 6.07 Å². The molecule has 0 saturated carbocycles. The first-order valence-electron chi connectivity index (χ1n) is 5.55. The van der Waals surface area contributed by atoms with Gasteiger partial charge in [-0.15, -0.1) is 0 Å². The second-order valence-corrected chi connectivity index (χ2v) is 4.47. The Hall–Kier alpha value is -0.940. The highest BCUT2D eigenvalue weighted by molar-refractivity contribution is 6.33. The molecule has 0 heterocycles. The van der Waals surface area contributed by atoms with Gasteiger partial charge in [0.05, 0.1) is 17.1 Å². The van der Waals surface area contributed by atoms with Gasteiger partial charge in [-0.3, -0.25) is 0 Å². The third kappa shape index (κ3) is 4.38. The molecule has 0 fully saturated rings. The van der Waals surface area contributed by atoms with Crippen LogP contribution in [0, 0.1) is 0 Å². The normalized spacial score (nSPS) is 11.7. The third-order valence-corrected chi connectivity index (χ3v) is 2.85. The molecule has 0 aliphatic heterocycles. The van der Waals surface area contributed by atoms with Crippen LogP contribution in [0.4, 0.5) is 18.9 Å². The molecule has 0 spiro atoms. The molecule has 1 aromatic carbocycles. The van der Waals surface area contributed by atoms with Gasteiger partial charge in [0, 0.05) is 20.1 Å². The molecule has 0 aliphatic rings. The summed E-state index contributed by atoms with van der Waals surface area (Å²) in [6.45, 7) is 0.455. The fourth-order valence-electron chi connectivity index (χ4n) is 1.73. The highest BCUT2D eigenvalue weighted by atomic mass is 35.5. The number of benzene rings is 1. The summed E-state index contributed by atoms with van der Waals surface area (Å²) in [5.74, 6) is 0. The van der Waals surface area contributed by atoms with Crippen molar-refractivity contribution in [2.24, 2.45) is 0 Å². The highest BCUT2D eigenvalue weighted by Crippen LogP contribution is 2.30. The molecule has 18 heavy (non-hydrogen) atoms. The first-order chi connectivity index (χ1) is 8.35. The second-order valence-electron chi connectivity index (χ2n) is 4.06. The van der Waals surface area contributed by atoms with E-state index < -0.39 is 12.6 Å². The van der Waals surface area contributed by atoms with Crippen LogP contribution in [0.15, 0.2) is 18.2 Å². The quantitative estimate of drug-likeness (QED) is 0.889. The van der Waals surface area contributed by atoms with Gasteiger partial charge in [0.1, 0.15) is 0 Å². The molecule has 0 atom stereocenters. The minimum absolute atomic E-state index is 0.107. The number of nitrogens with zero attached hydrogens (tertiary/aromatic N) is 1. The van der Waals surface area contributed by atoms with E-state index in [0.29, 0.717) is 17.3 Å². The third-order valence-electron chi connectivity index (χ3n) is 2.55. The lowest BCUT2D eigenvalue weighted by Gasteiger charge is -2.24. The van der Waals surface area contributed by atoms with Crippen molar-refractivity contribution < 1.29 is 13.2 Å². The number of halogens is 4. The molecule has 1 aromatic rings. The van der Waals surface area contributed by atoms with Crippen LogP contribution >= 0.6 is 11.6 Å². The topological polar surface area (TPSA) is 15.3 Å². The minimum Gasteiger partial charge on any atom is -0.373 e. The molecular formula is C12H16ClF3N2. The Morgan fingerprint density at radius 2 is 2.00 bits per heavy atom. The summed E-state index contributed by atoms with van der Waals surface area (Å²) < 4.78 is 36.6. The largest absolute Gasteiger partial charge is 0.390 e. The molecule has 0 aromatic heterocycles. The van der Waals surface area contributed by atoms with E-state index in [-0.39, 0.29) is 6.54 Å². The maximum Gasteiger partial charge on any atom is 0.390 e. The highest BCUT2D eigenvalue weighted by Gasteiger charge is 2.27. The Balaban J connectivity index is 2.86. The molecule has 2 nitrogen and oxygen atoms in total. The van der Waals surface area contributed by atoms with Gasteiger partial charge in [0.15, 0.2) is 0 Å². The van der Waals surface area contributed by atoms with Crippen molar-refractivity contribution in [3.63, 3.8) is 0 Å². The smallest absolute Gasteiger partial charge is 0.373 e. The van der Waals surface area contributed by atoms with E-state index in [2.05, 4.69) is 5.32 Å². The molecule has 0 aliphatic carbocycles. The van der Waals surface area contributed by atoms with Crippen LogP contribution in [-0.4, -0.2) is 26.8 Å². The number of para-hydroxylation sites is 1. The predicted molar refractivity (Wildman–Crippen MR) is 68.2 cm³/mol. The Morgan fingerprint density at radius 3 is 2.56 bits per heavy atom. The molecule has 0 amide bonds. The van der Waals surface area contributed by atoms with E-state index in [0.717, 1.165) is 5.56 Å². The monoisotopic (exact) mass is 280 g/mol. The Bertz CT molecular complexity index is 393. The molecule has 6 heteroatoms. The van der Waals surface area contributed by atoms with E-state index in [1.54, 1.807) is 31.1 Å². The average Bonchev–Trinajstić information content (AvgIpc) is 2.26. The summed E-state index contributed by atoms with van der Waals surface area (Å²) >= 11 is 6.06. The zero-order valence-electron chi connectivity index (χ0n) is 10.3. The van der Waals surface area contributed by atoms with Crippen LogP contribution in [0.5, 0.6) is 0 Å². The van der Waals surface area contributed by atoms with Crippen LogP contribution in [0.3, 0.4) is 0 Å². The van der Waals surface area contributed by atoms with Crippen molar-refractivity contribution in [3.8, 4) is 0 Å². The zero-order chi connectivity index (χ0) is 13.8. The van der Waals surface area contributed by atoms with E-state index in [1.165, 1.54) is 0 Å². The van der Waals surface area contributed by atoms with Crippen LogP contribution in [-0.2, 0) is 6.54 Å². The van der Waals surface area contributed by atoms with Crippen LogP contribution in [0.25, 0.3) is 0 Å². The zero-order valence-corrected chi connectivity index (χ0v) is 11.1. The summed E-state index contributed by atoms with van der Waals surface area (Å²) in [5.41, 5.74) is 1.53. The van der Waals surface area contributed by atoms with E-state index >= 15 is 0 Å². The predicted octanol–water partition coefficient (Wildman–Crippen LogP) is 3.45. The van der Waals surface area contributed by atoms with Gasteiger partial charge < -0.3 is 10.2 Å². The van der Waals surface area contributed by atoms with Crippen molar-refractivity contribution in [3.05, 3.63) is 28.8 Å². The molecule has 1 rings (SSSR count). The van der Waals surface area contributed by atoms with Gasteiger partial charge in [-0.1, -0.05) is 23.7 Å². The Morgan fingerprint density at radius 1 is 1.33 bits per heavy atom. The summed E-state index contributed by atoms with van der Waals surface area (Å²) in [6.07, 6.45) is -5.01. The lowest BCUT2D eigenvalue weighted by atomic mass is 10.1. The summed E-state index contributed by atoms with van der Waals surface area (Å²) in [5, 5.41) is 3.44. The number of nitrogens with one attached hydrogen (secondary N) is 1. The van der Waals surface area contributed by atoms with E-state index in [4.69, 9.17) is 11.6 Å². The summed E-state index contributed by atoms with van der Waals surface area (Å²) in [7, 11) is 3.40. The molecule has 0 saturated heterocycles. The molecule has 102 valence electrons. The van der Waals surface area contributed by atoms with Gasteiger partial charge >= 0.3 is 6.18 Å². The molecule has 0 radical (unpaired) electrons. The van der Waals surface area contributed by atoms with Gasteiger partial charge in [0.25, 0.3) is 0 Å². The lowest BCUT2D eigenvalue weighted by molar-refractivity contribution is -0.132.